The highest BCUT2D eigenvalue weighted by atomic mass is 32.2. The molecule has 2 N–H and O–H groups in total. The number of rotatable bonds is 5. The molecule has 3 aliphatic rings. The van der Waals surface area contributed by atoms with Gasteiger partial charge in [-0.1, -0.05) is 0 Å². The summed E-state index contributed by atoms with van der Waals surface area (Å²) in [5.41, 5.74) is 1.70. The Labute approximate surface area is 152 Å². The van der Waals surface area contributed by atoms with Gasteiger partial charge in [0, 0.05) is 43.1 Å². The Hall–Kier alpha value is -0.560. The second-order valence-corrected chi connectivity index (χ2v) is 9.35. The van der Waals surface area contributed by atoms with Crippen molar-refractivity contribution in [2.75, 3.05) is 31.1 Å². The predicted octanol–water partition coefficient (Wildman–Crippen LogP) is 2.31. The highest BCUT2D eigenvalue weighted by Gasteiger charge is 2.57. The first-order valence-electron chi connectivity index (χ1n) is 9.09. The lowest BCUT2D eigenvalue weighted by Crippen LogP contribution is -2.44. The number of carbonyl (C=O) groups excluding carboxylic acids is 1. The molecule has 2 saturated heterocycles. The van der Waals surface area contributed by atoms with Crippen LogP contribution in [0.25, 0.3) is 0 Å². The topological polar surface area (TPSA) is 44.4 Å². The first-order valence-corrected chi connectivity index (χ1v) is 11.2. The van der Waals surface area contributed by atoms with Crippen LogP contribution in [-0.2, 0) is 11.3 Å². The standard InChI is InChI=1S/C18H27N3OS2/c22-17(9-15-13-24-8-6-20-15)21(11-14-1-7-23-12-14)16-10-18(16)2-4-19-5-3-18/h1,7,12,15-16,19-20H,2-6,8-11,13H2/t15-,16-/m1/s1. The SMILES string of the molecule is O=C(C[C@@H]1CSCCN1)N(Cc1ccsc1)[C@@H]1CC12CCNCC2. The number of amides is 1. The third kappa shape index (κ3) is 3.66. The lowest BCUT2D eigenvalue weighted by Gasteiger charge is -2.31. The molecule has 1 spiro atoms. The summed E-state index contributed by atoms with van der Waals surface area (Å²) in [7, 11) is 0. The number of hydrogen-bond donors (Lipinski definition) is 2. The van der Waals surface area contributed by atoms with Gasteiger partial charge in [-0.25, -0.2) is 0 Å². The van der Waals surface area contributed by atoms with E-state index in [0.717, 1.165) is 31.9 Å². The first kappa shape index (κ1) is 16.9. The average molecular weight is 366 g/mol. The molecule has 0 radical (unpaired) electrons. The zero-order valence-electron chi connectivity index (χ0n) is 14.1. The van der Waals surface area contributed by atoms with Crippen molar-refractivity contribution in [1.29, 1.82) is 0 Å². The van der Waals surface area contributed by atoms with E-state index in [-0.39, 0.29) is 0 Å². The van der Waals surface area contributed by atoms with Gasteiger partial charge >= 0.3 is 0 Å². The molecule has 1 saturated carbocycles. The molecule has 2 atom stereocenters. The lowest BCUT2D eigenvalue weighted by atomic mass is 9.93. The molecule has 2 aliphatic heterocycles. The molecule has 0 aromatic carbocycles. The van der Waals surface area contributed by atoms with E-state index < -0.39 is 0 Å². The van der Waals surface area contributed by atoms with Crippen LogP contribution in [0.5, 0.6) is 0 Å². The monoisotopic (exact) mass is 365 g/mol. The summed E-state index contributed by atoms with van der Waals surface area (Å²) in [5, 5.41) is 11.3. The largest absolute Gasteiger partial charge is 0.335 e. The van der Waals surface area contributed by atoms with Crippen LogP contribution in [0.1, 0.15) is 31.2 Å². The maximum Gasteiger partial charge on any atom is 0.224 e. The summed E-state index contributed by atoms with van der Waals surface area (Å²) >= 11 is 3.69. The number of nitrogens with one attached hydrogen (secondary N) is 2. The van der Waals surface area contributed by atoms with E-state index in [2.05, 4.69) is 32.4 Å². The number of thioether (sulfide) groups is 1. The lowest BCUT2D eigenvalue weighted by molar-refractivity contribution is -0.133. The van der Waals surface area contributed by atoms with Gasteiger partial charge in [-0.05, 0) is 60.2 Å². The second kappa shape index (κ2) is 7.36. The zero-order valence-corrected chi connectivity index (χ0v) is 15.8. The second-order valence-electron chi connectivity index (χ2n) is 7.42. The Morgan fingerprint density at radius 2 is 2.21 bits per heavy atom. The fraction of sp³-hybridized carbons (Fsp3) is 0.722. The number of piperidine rings is 1. The maximum absolute atomic E-state index is 13.1. The van der Waals surface area contributed by atoms with E-state index in [1.54, 1.807) is 11.3 Å². The highest BCUT2D eigenvalue weighted by molar-refractivity contribution is 7.99. The van der Waals surface area contributed by atoms with Crippen LogP contribution >= 0.6 is 23.1 Å². The minimum atomic E-state index is 0.349. The van der Waals surface area contributed by atoms with E-state index >= 15 is 0 Å². The highest BCUT2D eigenvalue weighted by Crippen LogP contribution is 2.56. The van der Waals surface area contributed by atoms with Crippen molar-refractivity contribution in [1.82, 2.24) is 15.5 Å². The summed E-state index contributed by atoms with van der Waals surface area (Å²) in [6, 6.07) is 2.98. The van der Waals surface area contributed by atoms with E-state index in [9.17, 15) is 4.79 Å². The van der Waals surface area contributed by atoms with Gasteiger partial charge in [-0.15, -0.1) is 0 Å². The van der Waals surface area contributed by atoms with Crippen molar-refractivity contribution in [3.63, 3.8) is 0 Å². The number of nitrogens with zero attached hydrogens (tertiary/aromatic N) is 1. The molecule has 6 heteroatoms. The summed E-state index contributed by atoms with van der Waals surface area (Å²) < 4.78 is 0. The third-order valence-corrected chi connectivity index (χ3v) is 7.66. The molecule has 1 amide bonds. The molecule has 4 nitrogen and oxygen atoms in total. The van der Waals surface area contributed by atoms with Crippen LogP contribution in [0.2, 0.25) is 0 Å². The van der Waals surface area contributed by atoms with Crippen LogP contribution < -0.4 is 10.6 Å². The zero-order chi connectivity index (χ0) is 16.4. The van der Waals surface area contributed by atoms with Gasteiger partial charge in [0.25, 0.3) is 0 Å². The van der Waals surface area contributed by atoms with E-state index in [1.165, 1.54) is 30.6 Å². The van der Waals surface area contributed by atoms with Gasteiger partial charge in [-0.2, -0.15) is 23.1 Å². The Bertz CT molecular complexity index is 551. The number of thiophene rings is 1. The summed E-state index contributed by atoms with van der Waals surface area (Å²) in [5.74, 6) is 2.58. The van der Waals surface area contributed by atoms with E-state index in [4.69, 9.17) is 0 Å². The fourth-order valence-electron chi connectivity index (χ4n) is 4.26. The molecule has 1 aromatic heterocycles. The number of hydrogen-bond acceptors (Lipinski definition) is 5. The molecule has 1 aliphatic carbocycles. The molecular weight excluding hydrogens is 338 g/mol. The van der Waals surface area contributed by atoms with Crippen molar-refractivity contribution >= 4 is 29.0 Å². The smallest absolute Gasteiger partial charge is 0.224 e. The van der Waals surface area contributed by atoms with Gasteiger partial charge in [-0.3, -0.25) is 4.79 Å². The Morgan fingerprint density at radius 1 is 1.33 bits per heavy atom. The summed E-state index contributed by atoms with van der Waals surface area (Å²) in [6.45, 7) is 4.05. The fourth-order valence-corrected chi connectivity index (χ4v) is 5.87. The van der Waals surface area contributed by atoms with Gasteiger partial charge in [0.2, 0.25) is 5.91 Å². The molecule has 0 bridgehead atoms. The average Bonchev–Trinajstić information content (AvgIpc) is 3.05. The molecule has 24 heavy (non-hydrogen) atoms. The van der Waals surface area contributed by atoms with Gasteiger partial charge in [0.05, 0.1) is 0 Å². The molecule has 4 rings (SSSR count). The van der Waals surface area contributed by atoms with Crippen LogP contribution in [-0.4, -0.2) is 54.0 Å². The predicted molar refractivity (Wildman–Crippen MR) is 102 cm³/mol. The molecule has 0 unspecified atom stereocenters. The Balaban J connectivity index is 1.44. The minimum Gasteiger partial charge on any atom is -0.335 e. The first-order chi connectivity index (χ1) is 11.8. The van der Waals surface area contributed by atoms with Crippen molar-refractivity contribution < 1.29 is 4.79 Å². The molecule has 3 fully saturated rings. The Kier molecular flexibility index (Phi) is 5.18. The summed E-state index contributed by atoms with van der Waals surface area (Å²) in [4.78, 5) is 15.3. The van der Waals surface area contributed by atoms with Gasteiger partial charge < -0.3 is 15.5 Å². The van der Waals surface area contributed by atoms with Gasteiger partial charge in [0.15, 0.2) is 0 Å². The molecule has 3 heterocycles. The quantitative estimate of drug-likeness (QED) is 0.840. The molecular formula is C18H27N3OS2. The van der Waals surface area contributed by atoms with Gasteiger partial charge in [0.1, 0.15) is 0 Å². The number of carbonyl (C=O) groups is 1. The molecule has 1 aromatic rings. The summed E-state index contributed by atoms with van der Waals surface area (Å²) in [6.07, 6.45) is 4.31. The maximum atomic E-state index is 13.1. The van der Waals surface area contributed by atoms with Crippen molar-refractivity contribution in [3.8, 4) is 0 Å². The Morgan fingerprint density at radius 3 is 2.92 bits per heavy atom. The normalized spacial score (nSPS) is 28.7. The van der Waals surface area contributed by atoms with E-state index in [0.29, 0.717) is 29.8 Å². The van der Waals surface area contributed by atoms with Crippen molar-refractivity contribution in [3.05, 3.63) is 22.4 Å². The van der Waals surface area contributed by atoms with Crippen molar-refractivity contribution in [2.45, 2.75) is 44.3 Å². The van der Waals surface area contributed by atoms with Crippen LogP contribution in [0.3, 0.4) is 0 Å². The van der Waals surface area contributed by atoms with Crippen LogP contribution in [0.15, 0.2) is 16.8 Å². The minimum absolute atomic E-state index is 0.349. The van der Waals surface area contributed by atoms with Crippen molar-refractivity contribution in [2.24, 2.45) is 5.41 Å². The van der Waals surface area contributed by atoms with E-state index in [1.807, 2.05) is 11.8 Å². The van der Waals surface area contributed by atoms with Crippen LogP contribution in [0, 0.1) is 5.41 Å². The third-order valence-electron chi connectivity index (χ3n) is 5.80. The van der Waals surface area contributed by atoms with Crippen LogP contribution in [0.4, 0.5) is 0 Å². The molecule has 132 valence electrons.